The molecule has 2 heterocycles. The van der Waals surface area contributed by atoms with Crippen LogP contribution in [0.15, 0.2) is 41.4 Å². The van der Waals surface area contributed by atoms with Gasteiger partial charge in [-0.25, -0.2) is 14.6 Å². The van der Waals surface area contributed by atoms with Crippen LogP contribution in [-0.4, -0.2) is 45.6 Å². The van der Waals surface area contributed by atoms with Gasteiger partial charge in [0.05, 0.1) is 9.80 Å². The highest BCUT2D eigenvalue weighted by atomic mass is 32.1. The van der Waals surface area contributed by atoms with E-state index in [0.717, 1.165) is 41.8 Å². The molecule has 0 spiro atoms. The highest BCUT2D eigenvalue weighted by molar-refractivity contribution is 7.21. The molecular formula is C19H10F3N3O8S2. The standard InChI is InChI=1S/C19H10F3N3O8S2/c20-19(21,22)33-9-3-1-8(2-4-9)14(26)24-16-13(18(29)30)12(17(27)28)15(35-16)23-7-10-5-6-11(34-10)25(31)32/h1-7H,(H,24,26)(H,27,28)(H,29,30). The van der Waals surface area contributed by atoms with Crippen LogP contribution < -0.4 is 10.1 Å². The number of carboxylic acids is 2. The lowest BCUT2D eigenvalue weighted by molar-refractivity contribution is -0.380. The third-order valence-corrected chi connectivity index (χ3v) is 5.98. The van der Waals surface area contributed by atoms with Crippen LogP contribution in [0.2, 0.25) is 0 Å². The van der Waals surface area contributed by atoms with Gasteiger partial charge in [0.25, 0.3) is 5.91 Å². The molecule has 0 aliphatic heterocycles. The van der Waals surface area contributed by atoms with Crippen LogP contribution in [-0.2, 0) is 0 Å². The fourth-order valence-corrected chi connectivity index (χ4v) is 4.33. The number of amides is 1. The topological polar surface area (TPSA) is 168 Å². The molecule has 1 aromatic carbocycles. The van der Waals surface area contributed by atoms with Crippen LogP contribution in [0.3, 0.4) is 0 Å². The number of carboxylic acid groups (broad SMARTS) is 2. The number of nitro groups is 1. The van der Waals surface area contributed by atoms with Gasteiger partial charge in [-0.1, -0.05) is 22.7 Å². The van der Waals surface area contributed by atoms with Crippen molar-refractivity contribution in [1.82, 2.24) is 0 Å². The van der Waals surface area contributed by atoms with Gasteiger partial charge in [-0.15, -0.1) is 13.2 Å². The molecule has 0 atom stereocenters. The minimum Gasteiger partial charge on any atom is -0.478 e. The second-order valence-corrected chi connectivity index (χ2v) is 8.41. The number of carbonyl (C=O) groups excluding carboxylic acids is 1. The summed E-state index contributed by atoms with van der Waals surface area (Å²) in [5.41, 5.74) is -1.66. The van der Waals surface area contributed by atoms with Crippen LogP contribution in [0.5, 0.6) is 5.75 Å². The van der Waals surface area contributed by atoms with Crippen molar-refractivity contribution in [3.63, 3.8) is 0 Å². The van der Waals surface area contributed by atoms with E-state index >= 15 is 0 Å². The van der Waals surface area contributed by atoms with Crippen molar-refractivity contribution < 1.29 is 47.4 Å². The zero-order valence-electron chi connectivity index (χ0n) is 16.7. The van der Waals surface area contributed by atoms with Gasteiger partial charge in [0.2, 0.25) is 0 Å². The molecule has 0 unspecified atom stereocenters. The van der Waals surface area contributed by atoms with E-state index in [1.54, 1.807) is 0 Å². The number of anilines is 1. The maximum atomic E-state index is 12.5. The molecule has 182 valence electrons. The molecule has 1 amide bonds. The number of alkyl halides is 3. The number of aromatic carboxylic acids is 2. The summed E-state index contributed by atoms with van der Waals surface area (Å²) >= 11 is 1.26. The molecule has 0 saturated carbocycles. The van der Waals surface area contributed by atoms with Crippen molar-refractivity contribution in [3.8, 4) is 5.75 Å². The summed E-state index contributed by atoms with van der Waals surface area (Å²) in [6, 6.07) is 6.28. The Morgan fingerprint density at radius 3 is 2.17 bits per heavy atom. The average Bonchev–Trinajstić information content (AvgIpc) is 3.36. The number of nitrogens with zero attached hydrogens (tertiary/aromatic N) is 2. The van der Waals surface area contributed by atoms with E-state index in [9.17, 15) is 47.9 Å². The van der Waals surface area contributed by atoms with Crippen molar-refractivity contribution in [3.05, 3.63) is 68.1 Å². The van der Waals surface area contributed by atoms with Gasteiger partial charge in [0.15, 0.2) is 0 Å². The lowest BCUT2D eigenvalue weighted by Crippen LogP contribution is -2.17. The van der Waals surface area contributed by atoms with E-state index in [2.05, 4.69) is 15.0 Å². The quantitative estimate of drug-likeness (QED) is 0.208. The van der Waals surface area contributed by atoms with Gasteiger partial charge in [-0.2, -0.15) is 0 Å². The predicted octanol–water partition coefficient (Wildman–Crippen LogP) is 5.02. The summed E-state index contributed by atoms with van der Waals surface area (Å²) in [5.74, 6) is -4.86. The number of aliphatic imine (C=N–C) groups is 1. The Kier molecular flexibility index (Phi) is 7.16. The number of halogens is 3. The average molecular weight is 529 g/mol. The molecule has 3 rings (SSSR count). The fourth-order valence-electron chi connectivity index (χ4n) is 2.62. The van der Waals surface area contributed by atoms with E-state index in [4.69, 9.17) is 0 Å². The third-order valence-electron chi connectivity index (χ3n) is 4.00. The second kappa shape index (κ2) is 9.90. The lowest BCUT2D eigenvalue weighted by atomic mass is 10.1. The van der Waals surface area contributed by atoms with Gasteiger partial charge in [0.1, 0.15) is 26.9 Å². The molecule has 0 fully saturated rings. The van der Waals surface area contributed by atoms with E-state index in [-0.39, 0.29) is 25.4 Å². The van der Waals surface area contributed by atoms with E-state index < -0.39 is 46.0 Å². The van der Waals surface area contributed by atoms with Gasteiger partial charge in [0, 0.05) is 17.8 Å². The van der Waals surface area contributed by atoms with Crippen LogP contribution in [0.1, 0.15) is 36.0 Å². The summed E-state index contributed by atoms with van der Waals surface area (Å²) in [7, 11) is 0. The maximum Gasteiger partial charge on any atom is 0.573 e. The Morgan fingerprint density at radius 1 is 1.03 bits per heavy atom. The second-order valence-electron chi connectivity index (χ2n) is 6.31. The van der Waals surface area contributed by atoms with Crippen molar-refractivity contribution >= 4 is 61.7 Å². The number of nitrogens with one attached hydrogen (secondary N) is 1. The molecule has 0 saturated heterocycles. The Morgan fingerprint density at radius 2 is 1.66 bits per heavy atom. The summed E-state index contributed by atoms with van der Waals surface area (Å²) in [5, 5.41) is 31.2. The monoisotopic (exact) mass is 529 g/mol. The number of rotatable bonds is 8. The SMILES string of the molecule is O=C(Nc1sc(N=Cc2ccc([N+](=O)[O-])s2)c(C(=O)O)c1C(=O)O)c1ccc(OC(F)(F)F)cc1. The van der Waals surface area contributed by atoms with Gasteiger partial charge in [-0.3, -0.25) is 14.9 Å². The molecule has 0 aliphatic carbocycles. The Labute approximate surface area is 199 Å². The smallest absolute Gasteiger partial charge is 0.478 e. The van der Waals surface area contributed by atoms with Crippen molar-refractivity contribution in [1.29, 1.82) is 0 Å². The summed E-state index contributed by atoms with van der Waals surface area (Å²) < 4.78 is 40.5. The van der Waals surface area contributed by atoms with E-state index in [0.29, 0.717) is 11.3 Å². The molecule has 0 bridgehead atoms. The normalized spacial score (nSPS) is 11.4. The molecule has 3 aromatic rings. The molecule has 2 aromatic heterocycles. The number of carbonyl (C=O) groups is 3. The first kappa shape index (κ1) is 25.3. The number of hydrogen-bond donors (Lipinski definition) is 3. The molecule has 0 aliphatic rings. The molecule has 35 heavy (non-hydrogen) atoms. The summed E-state index contributed by atoms with van der Waals surface area (Å²) in [6.07, 6.45) is -3.83. The first-order valence-corrected chi connectivity index (χ1v) is 10.6. The molecule has 16 heteroatoms. The third kappa shape index (κ3) is 6.18. The van der Waals surface area contributed by atoms with Crippen molar-refractivity contribution in [2.24, 2.45) is 4.99 Å². The van der Waals surface area contributed by atoms with Gasteiger partial charge >= 0.3 is 23.3 Å². The van der Waals surface area contributed by atoms with Crippen molar-refractivity contribution in [2.75, 3.05) is 5.32 Å². The molecule has 3 N–H and O–H groups in total. The minimum absolute atomic E-state index is 0.169. The highest BCUT2D eigenvalue weighted by Gasteiger charge is 2.31. The van der Waals surface area contributed by atoms with Crippen LogP contribution in [0.4, 0.5) is 28.2 Å². The van der Waals surface area contributed by atoms with Crippen molar-refractivity contribution in [2.45, 2.75) is 6.36 Å². The maximum absolute atomic E-state index is 12.5. The Balaban J connectivity index is 1.92. The zero-order chi connectivity index (χ0) is 25.9. The summed E-state index contributed by atoms with van der Waals surface area (Å²) in [4.78, 5) is 50.4. The largest absolute Gasteiger partial charge is 0.573 e. The van der Waals surface area contributed by atoms with Gasteiger partial charge < -0.3 is 20.3 Å². The first-order valence-electron chi connectivity index (χ1n) is 8.94. The molecule has 0 radical (unpaired) electrons. The number of hydrogen-bond acceptors (Lipinski definition) is 9. The number of thiophene rings is 2. The number of benzene rings is 1. The lowest BCUT2D eigenvalue weighted by Gasteiger charge is -2.09. The molecule has 11 nitrogen and oxygen atoms in total. The van der Waals surface area contributed by atoms with Crippen LogP contribution >= 0.6 is 22.7 Å². The fraction of sp³-hybridized carbons (Fsp3) is 0.0526. The highest BCUT2D eigenvalue weighted by Crippen LogP contribution is 2.40. The van der Waals surface area contributed by atoms with Crippen LogP contribution in [0, 0.1) is 10.1 Å². The van der Waals surface area contributed by atoms with E-state index in [1.807, 2.05) is 0 Å². The van der Waals surface area contributed by atoms with E-state index in [1.165, 1.54) is 12.1 Å². The molecular weight excluding hydrogens is 519 g/mol. The van der Waals surface area contributed by atoms with Crippen LogP contribution in [0.25, 0.3) is 0 Å². The summed E-state index contributed by atoms with van der Waals surface area (Å²) in [6.45, 7) is 0. The predicted molar refractivity (Wildman–Crippen MR) is 118 cm³/mol. The van der Waals surface area contributed by atoms with Gasteiger partial charge in [-0.05, 0) is 30.3 Å². The first-order chi connectivity index (χ1) is 16.4. The Hall–Kier alpha value is -4.31. The Bertz CT molecular complexity index is 1350. The minimum atomic E-state index is -4.94. The number of ether oxygens (including phenoxy) is 1. The zero-order valence-corrected chi connectivity index (χ0v) is 18.4.